The molecule has 0 bridgehead atoms. The molecule has 1 aromatic heterocycles. The summed E-state index contributed by atoms with van der Waals surface area (Å²) < 4.78 is 0.835. The monoisotopic (exact) mass is 296 g/mol. The number of hydrogen-bond donors (Lipinski definition) is 1. The Bertz CT molecular complexity index is 316. The molecule has 1 heterocycles. The molecule has 5 heteroatoms. The molecule has 0 aromatic carbocycles. The molecular formula is C7H6ClIN2O. The standard InChI is InChI=1S/C7H6ClIN2O/c1-10-7(12)5-3-2-4(9)6(8)11-5/h2-3H,1H3,(H,10,12). The molecule has 64 valence electrons. The second kappa shape index (κ2) is 4.04. The number of aromatic nitrogens is 1. The summed E-state index contributed by atoms with van der Waals surface area (Å²) in [7, 11) is 1.55. The fourth-order valence-electron chi connectivity index (χ4n) is 0.672. The molecule has 12 heavy (non-hydrogen) atoms. The van der Waals surface area contributed by atoms with Gasteiger partial charge in [-0.05, 0) is 34.7 Å². The predicted molar refractivity (Wildman–Crippen MR) is 55.4 cm³/mol. The highest BCUT2D eigenvalue weighted by Crippen LogP contribution is 2.15. The molecule has 1 N–H and O–H groups in total. The Balaban J connectivity index is 3.05. The highest BCUT2D eigenvalue weighted by Gasteiger charge is 2.06. The van der Waals surface area contributed by atoms with Crippen LogP contribution in [0, 0.1) is 3.57 Å². The van der Waals surface area contributed by atoms with Crippen molar-refractivity contribution in [3.8, 4) is 0 Å². The Hall–Kier alpha value is -0.360. The summed E-state index contributed by atoms with van der Waals surface area (Å²) in [5, 5.41) is 2.82. The summed E-state index contributed by atoms with van der Waals surface area (Å²) in [6.45, 7) is 0. The average Bonchev–Trinajstić information content (AvgIpc) is 2.08. The van der Waals surface area contributed by atoms with Crippen molar-refractivity contribution >= 4 is 40.1 Å². The number of pyridine rings is 1. The van der Waals surface area contributed by atoms with E-state index in [-0.39, 0.29) is 5.91 Å². The number of amides is 1. The van der Waals surface area contributed by atoms with Gasteiger partial charge in [-0.2, -0.15) is 0 Å². The van der Waals surface area contributed by atoms with Gasteiger partial charge >= 0.3 is 0 Å². The first-order chi connectivity index (χ1) is 5.65. The Labute approximate surface area is 88.7 Å². The van der Waals surface area contributed by atoms with E-state index >= 15 is 0 Å². The van der Waals surface area contributed by atoms with Crippen molar-refractivity contribution in [3.63, 3.8) is 0 Å². The zero-order chi connectivity index (χ0) is 9.14. The maximum absolute atomic E-state index is 11.0. The molecular weight excluding hydrogens is 290 g/mol. The Morgan fingerprint density at radius 2 is 2.33 bits per heavy atom. The van der Waals surface area contributed by atoms with Crippen LogP contribution in [0.4, 0.5) is 0 Å². The van der Waals surface area contributed by atoms with Crippen LogP contribution in [-0.4, -0.2) is 17.9 Å². The molecule has 0 saturated carbocycles. The van der Waals surface area contributed by atoms with Gasteiger partial charge < -0.3 is 5.32 Å². The maximum atomic E-state index is 11.0. The highest BCUT2D eigenvalue weighted by atomic mass is 127. The Morgan fingerprint density at radius 1 is 1.67 bits per heavy atom. The number of halogens is 2. The minimum Gasteiger partial charge on any atom is -0.354 e. The number of carbonyl (C=O) groups is 1. The van der Waals surface area contributed by atoms with E-state index in [4.69, 9.17) is 11.6 Å². The number of nitrogens with one attached hydrogen (secondary N) is 1. The van der Waals surface area contributed by atoms with Crippen molar-refractivity contribution in [2.75, 3.05) is 7.05 Å². The van der Waals surface area contributed by atoms with Crippen LogP contribution in [0.3, 0.4) is 0 Å². The molecule has 1 aromatic rings. The first-order valence-corrected chi connectivity index (χ1v) is 4.65. The van der Waals surface area contributed by atoms with Crippen LogP contribution in [0.2, 0.25) is 5.15 Å². The number of rotatable bonds is 1. The summed E-state index contributed by atoms with van der Waals surface area (Å²) in [5.74, 6) is -0.228. The lowest BCUT2D eigenvalue weighted by Crippen LogP contribution is -2.19. The van der Waals surface area contributed by atoms with Crippen molar-refractivity contribution < 1.29 is 4.79 Å². The van der Waals surface area contributed by atoms with Crippen LogP contribution in [0.25, 0.3) is 0 Å². The molecule has 1 amide bonds. The molecule has 0 radical (unpaired) electrons. The number of carbonyl (C=O) groups excluding carboxylic acids is 1. The van der Waals surface area contributed by atoms with Crippen molar-refractivity contribution in [2.45, 2.75) is 0 Å². The van der Waals surface area contributed by atoms with E-state index < -0.39 is 0 Å². The third-order valence-electron chi connectivity index (χ3n) is 1.26. The molecule has 1 rings (SSSR count). The first-order valence-electron chi connectivity index (χ1n) is 3.19. The van der Waals surface area contributed by atoms with Crippen LogP contribution >= 0.6 is 34.2 Å². The number of hydrogen-bond acceptors (Lipinski definition) is 2. The highest BCUT2D eigenvalue weighted by molar-refractivity contribution is 14.1. The summed E-state index contributed by atoms with van der Waals surface area (Å²) in [5.41, 5.74) is 0.336. The maximum Gasteiger partial charge on any atom is 0.269 e. The third kappa shape index (κ3) is 2.07. The zero-order valence-corrected chi connectivity index (χ0v) is 9.18. The summed E-state index contributed by atoms with van der Waals surface area (Å²) in [6, 6.07) is 3.38. The third-order valence-corrected chi connectivity index (χ3v) is 2.74. The minimum atomic E-state index is -0.228. The van der Waals surface area contributed by atoms with Crippen LogP contribution in [0.1, 0.15) is 10.5 Å². The fourth-order valence-corrected chi connectivity index (χ4v) is 1.13. The van der Waals surface area contributed by atoms with Gasteiger partial charge in [0, 0.05) is 7.05 Å². The lowest BCUT2D eigenvalue weighted by Gasteiger charge is -1.99. The van der Waals surface area contributed by atoms with E-state index in [2.05, 4.69) is 32.9 Å². The molecule has 0 spiro atoms. The van der Waals surface area contributed by atoms with Crippen molar-refractivity contribution in [1.29, 1.82) is 0 Å². The van der Waals surface area contributed by atoms with Gasteiger partial charge in [0.15, 0.2) is 0 Å². The number of nitrogens with zero attached hydrogens (tertiary/aromatic N) is 1. The second-order valence-electron chi connectivity index (χ2n) is 2.05. The van der Waals surface area contributed by atoms with E-state index in [1.807, 2.05) is 0 Å². The van der Waals surface area contributed by atoms with Gasteiger partial charge in [0.05, 0.1) is 3.57 Å². The molecule has 0 saturated heterocycles. The van der Waals surface area contributed by atoms with Gasteiger partial charge in [0.1, 0.15) is 10.8 Å². The molecule has 0 aliphatic heterocycles. The lowest BCUT2D eigenvalue weighted by atomic mass is 10.3. The summed E-state index contributed by atoms with van der Waals surface area (Å²) in [6.07, 6.45) is 0. The molecule has 0 aliphatic rings. The van der Waals surface area contributed by atoms with Crippen LogP contribution in [0.5, 0.6) is 0 Å². The quantitative estimate of drug-likeness (QED) is 0.633. The van der Waals surface area contributed by atoms with Gasteiger partial charge in [-0.15, -0.1) is 0 Å². The topological polar surface area (TPSA) is 42.0 Å². The van der Waals surface area contributed by atoms with Crippen LogP contribution < -0.4 is 5.32 Å². The van der Waals surface area contributed by atoms with Crippen molar-refractivity contribution in [2.24, 2.45) is 0 Å². The van der Waals surface area contributed by atoms with Gasteiger partial charge in [0.2, 0.25) is 0 Å². The normalized spacial score (nSPS) is 9.58. The minimum absolute atomic E-state index is 0.228. The molecule has 0 aliphatic carbocycles. The van der Waals surface area contributed by atoms with Gasteiger partial charge in [-0.25, -0.2) is 4.98 Å². The lowest BCUT2D eigenvalue weighted by molar-refractivity contribution is 0.0958. The van der Waals surface area contributed by atoms with Crippen LogP contribution in [-0.2, 0) is 0 Å². The second-order valence-corrected chi connectivity index (χ2v) is 3.57. The van der Waals surface area contributed by atoms with E-state index in [1.165, 1.54) is 0 Å². The van der Waals surface area contributed by atoms with Gasteiger partial charge in [0.25, 0.3) is 5.91 Å². The van der Waals surface area contributed by atoms with Gasteiger partial charge in [-0.1, -0.05) is 11.6 Å². The van der Waals surface area contributed by atoms with E-state index in [9.17, 15) is 4.79 Å². The summed E-state index contributed by atoms with van der Waals surface area (Å²) in [4.78, 5) is 14.9. The predicted octanol–water partition coefficient (Wildman–Crippen LogP) is 1.70. The van der Waals surface area contributed by atoms with E-state index in [1.54, 1.807) is 19.2 Å². The SMILES string of the molecule is CNC(=O)c1ccc(I)c(Cl)n1. The molecule has 3 nitrogen and oxygen atoms in total. The zero-order valence-electron chi connectivity index (χ0n) is 6.27. The first kappa shape index (κ1) is 9.73. The van der Waals surface area contributed by atoms with Crippen molar-refractivity contribution in [3.05, 3.63) is 26.5 Å². The van der Waals surface area contributed by atoms with Crippen LogP contribution in [0.15, 0.2) is 12.1 Å². The molecule has 0 fully saturated rings. The largest absolute Gasteiger partial charge is 0.354 e. The average molecular weight is 296 g/mol. The van der Waals surface area contributed by atoms with E-state index in [0.717, 1.165) is 3.57 Å². The Morgan fingerprint density at radius 3 is 2.83 bits per heavy atom. The fraction of sp³-hybridized carbons (Fsp3) is 0.143. The smallest absolute Gasteiger partial charge is 0.269 e. The Kier molecular flexibility index (Phi) is 3.28. The van der Waals surface area contributed by atoms with E-state index in [0.29, 0.717) is 10.8 Å². The molecule has 0 atom stereocenters. The van der Waals surface area contributed by atoms with Gasteiger partial charge in [-0.3, -0.25) is 4.79 Å². The molecule has 0 unspecified atom stereocenters. The summed E-state index contributed by atoms with van der Waals surface area (Å²) >= 11 is 7.77. The van der Waals surface area contributed by atoms with Crippen molar-refractivity contribution in [1.82, 2.24) is 10.3 Å².